The lowest BCUT2D eigenvalue weighted by Crippen LogP contribution is -2.31. The van der Waals surface area contributed by atoms with Crippen molar-refractivity contribution in [2.45, 2.75) is 46.0 Å². The molecule has 5 nitrogen and oxygen atoms in total. The van der Waals surface area contributed by atoms with Crippen LogP contribution >= 0.6 is 11.3 Å². The molecular formula is C15H26N4OS. The van der Waals surface area contributed by atoms with Gasteiger partial charge >= 0.3 is 0 Å². The van der Waals surface area contributed by atoms with Crippen LogP contribution in [0.4, 0.5) is 10.9 Å². The first kappa shape index (κ1) is 16.1. The van der Waals surface area contributed by atoms with Crippen molar-refractivity contribution in [3.05, 3.63) is 4.88 Å². The van der Waals surface area contributed by atoms with Crippen LogP contribution in [0.25, 0.3) is 0 Å². The number of aromatic nitrogens is 1. The number of nitrogens with zero attached hydrogens (tertiary/aromatic N) is 3. The molecule has 2 N–H and O–H groups in total. The Labute approximate surface area is 131 Å². The summed E-state index contributed by atoms with van der Waals surface area (Å²) in [5.74, 6) is 0.421. The third-order valence-electron chi connectivity index (χ3n) is 3.91. The highest BCUT2D eigenvalue weighted by molar-refractivity contribution is 7.18. The molecule has 1 aromatic rings. The van der Waals surface area contributed by atoms with E-state index in [2.05, 4.69) is 16.8 Å². The fourth-order valence-corrected chi connectivity index (χ4v) is 3.59. The van der Waals surface area contributed by atoms with Crippen LogP contribution in [0.3, 0.4) is 0 Å². The maximum absolute atomic E-state index is 12.6. The van der Waals surface area contributed by atoms with E-state index in [-0.39, 0.29) is 5.91 Å². The van der Waals surface area contributed by atoms with Gasteiger partial charge in [-0.1, -0.05) is 24.7 Å². The van der Waals surface area contributed by atoms with Crippen LogP contribution in [0.2, 0.25) is 0 Å². The van der Waals surface area contributed by atoms with Gasteiger partial charge in [0, 0.05) is 26.2 Å². The molecule has 0 saturated carbocycles. The molecule has 6 heteroatoms. The number of anilines is 2. The second kappa shape index (κ2) is 7.64. The number of amides is 1. The molecular weight excluding hydrogens is 284 g/mol. The van der Waals surface area contributed by atoms with Crippen molar-refractivity contribution in [3.63, 3.8) is 0 Å². The topological polar surface area (TPSA) is 62.5 Å². The molecule has 0 aliphatic carbocycles. The quantitative estimate of drug-likeness (QED) is 0.877. The Kier molecular flexibility index (Phi) is 5.85. The first-order valence-electron chi connectivity index (χ1n) is 7.97. The second-order valence-electron chi connectivity index (χ2n) is 5.50. The molecule has 1 aromatic heterocycles. The molecule has 2 rings (SSSR count). The van der Waals surface area contributed by atoms with Crippen LogP contribution < -0.4 is 10.6 Å². The smallest absolute Gasteiger partial charge is 0.267 e. The van der Waals surface area contributed by atoms with Crippen LogP contribution in [0, 0.1) is 0 Å². The summed E-state index contributed by atoms with van der Waals surface area (Å²) in [5.41, 5.74) is 6.00. The monoisotopic (exact) mass is 310 g/mol. The van der Waals surface area contributed by atoms with Crippen molar-refractivity contribution >= 4 is 28.2 Å². The molecule has 2 heterocycles. The Hall–Kier alpha value is -1.30. The van der Waals surface area contributed by atoms with Crippen molar-refractivity contribution in [3.8, 4) is 0 Å². The number of carbonyl (C=O) groups is 1. The van der Waals surface area contributed by atoms with Gasteiger partial charge < -0.3 is 15.5 Å². The van der Waals surface area contributed by atoms with Crippen LogP contribution in [0.15, 0.2) is 0 Å². The number of thiazole rings is 1. The maximum Gasteiger partial charge on any atom is 0.267 e. The fourth-order valence-electron chi connectivity index (χ4n) is 2.59. The summed E-state index contributed by atoms with van der Waals surface area (Å²) < 4.78 is 0. The lowest BCUT2D eigenvalue weighted by molar-refractivity contribution is 0.0768. The van der Waals surface area contributed by atoms with Crippen LogP contribution in [-0.4, -0.2) is 42.0 Å². The molecule has 0 aromatic carbocycles. The predicted molar refractivity (Wildman–Crippen MR) is 89.1 cm³/mol. The van der Waals surface area contributed by atoms with Crippen LogP contribution in [0.1, 0.15) is 55.6 Å². The Balaban J connectivity index is 2.11. The second-order valence-corrected chi connectivity index (χ2v) is 6.47. The van der Waals surface area contributed by atoms with E-state index in [0.29, 0.717) is 10.7 Å². The van der Waals surface area contributed by atoms with Gasteiger partial charge in [0.1, 0.15) is 10.7 Å². The van der Waals surface area contributed by atoms with Gasteiger partial charge in [-0.2, -0.15) is 0 Å². The van der Waals surface area contributed by atoms with Gasteiger partial charge in [-0.25, -0.2) is 4.98 Å². The van der Waals surface area contributed by atoms with E-state index in [1.165, 1.54) is 30.6 Å². The van der Waals surface area contributed by atoms with Gasteiger partial charge in [-0.05, 0) is 32.6 Å². The third kappa shape index (κ3) is 3.87. The molecule has 1 saturated heterocycles. The van der Waals surface area contributed by atoms with E-state index >= 15 is 0 Å². The number of unbranched alkanes of at least 4 members (excludes halogenated alkanes) is 1. The summed E-state index contributed by atoms with van der Waals surface area (Å²) >= 11 is 1.45. The number of hydrogen-bond acceptors (Lipinski definition) is 5. The fraction of sp³-hybridized carbons (Fsp3) is 0.733. The molecule has 0 unspecified atom stereocenters. The van der Waals surface area contributed by atoms with E-state index in [0.717, 1.165) is 44.2 Å². The average Bonchev–Trinajstić information content (AvgIpc) is 2.90. The lowest BCUT2D eigenvalue weighted by atomic mass is 10.1. The van der Waals surface area contributed by atoms with E-state index < -0.39 is 0 Å². The van der Waals surface area contributed by atoms with Gasteiger partial charge in [0.05, 0.1) is 0 Å². The van der Waals surface area contributed by atoms with Gasteiger partial charge in [0.25, 0.3) is 5.91 Å². The molecule has 1 aliphatic heterocycles. The largest absolute Gasteiger partial charge is 0.382 e. The predicted octanol–water partition coefficient (Wildman–Crippen LogP) is 2.98. The number of piperidine rings is 1. The van der Waals surface area contributed by atoms with Crippen molar-refractivity contribution in [1.29, 1.82) is 0 Å². The Morgan fingerprint density at radius 1 is 1.33 bits per heavy atom. The van der Waals surface area contributed by atoms with E-state index in [9.17, 15) is 4.79 Å². The summed E-state index contributed by atoms with van der Waals surface area (Å²) in [6.07, 6.45) is 5.78. The van der Waals surface area contributed by atoms with Crippen LogP contribution in [0.5, 0.6) is 0 Å². The molecule has 1 amide bonds. The first-order chi connectivity index (χ1) is 10.2. The SMILES string of the molecule is CCCCN(CC)C(=O)c1sc(N2CCCCC2)nc1N. The summed E-state index contributed by atoms with van der Waals surface area (Å²) in [7, 11) is 0. The maximum atomic E-state index is 12.6. The average molecular weight is 310 g/mol. The minimum absolute atomic E-state index is 0.0317. The van der Waals surface area contributed by atoms with E-state index in [4.69, 9.17) is 5.73 Å². The Bertz CT molecular complexity index is 468. The highest BCUT2D eigenvalue weighted by atomic mass is 32.1. The third-order valence-corrected chi connectivity index (χ3v) is 5.03. The lowest BCUT2D eigenvalue weighted by Gasteiger charge is -2.25. The highest BCUT2D eigenvalue weighted by Crippen LogP contribution is 2.31. The van der Waals surface area contributed by atoms with Crippen molar-refractivity contribution in [2.24, 2.45) is 0 Å². The molecule has 0 atom stereocenters. The molecule has 1 fully saturated rings. The molecule has 1 aliphatic rings. The van der Waals surface area contributed by atoms with E-state index in [1.54, 1.807) is 0 Å². The van der Waals surface area contributed by atoms with Gasteiger partial charge in [0.2, 0.25) is 0 Å². The molecule has 0 bridgehead atoms. The zero-order valence-corrected chi connectivity index (χ0v) is 13.9. The number of carbonyl (C=O) groups excluding carboxylic acids is 1. The van der Waals surface area contributed by atoms with Gasteiger partial charge in [0.15, 0.2) is 5.13 Å². The number of nitrogen functional groups attached to an aromatic ring is 1. The summed E-state index contributed by atoms with van der Waals surface area (Å²) in [4.78, 5) is 21.8. The van der Waals surface area contributed by atoms with E-state index in [1.807, 2.05) is 11.8 Å². The zero-order chi connectivity index (χ0) is 15.2. The normalized spacial score (nSPS) is 15.2. The summed E-state index contributed by atoms with van der Waals surface area (Å²) in [6.45, 7) is 7.70. The molecule has 0 spiro atoms. The minimum Gasteiger partial charge on any atom is -0.382 e. The summed E-state index contributed by atoms with van der Waals surface area (Å²) in [5, 5.41) is 0.905. The summed E-state index contributed by atoms with van der Waals surface area (Å²) in [6, 6.07) is 0. The molecule has 21 heavy (non-hydrogen) atoms. The van der Waals surface area contributed by atoms with Crippen molar-refractivity contribution in [2.75, 3.05) is 36.8 Å². The highest BCUT2D eigenvalue weighted by Gasteiger charge is 2.23. The molecule has 118 valence electrons. The Morgan fingerprint density at radius 3 is 2.67 bits per heavy atom. The van der Waals surface area contributed by atoms with Gasteiger partial charge in [-0.15, -0.1) is 0 Å². The van der Waals surface area contributed by atoms with Crippen molar-refractivity contribution in [1.82, 2.24) is 9.88 Å². The zero-order valence-electron chi connectivity index (χ0n) is 13.1. The van der Waals surface area contributed by atoms with Crippen molar-refractivity contribution < 1.29 is 4.79 Å². The van der Waals surface area contributed by atoms with Crippen LogP contribution in [-0.2, 0) is 0 Å². The van der Waals surface area contributed by atoms with Gasteiger partial charge in [-0.3, -0.25) is 4.79 Å². The molecule has 0 radical (unpaired) electrons. The number of nitrogens with two attached hydrogens (primary N) is 1. The minimum atomic E-state index is 0.0317. The Morgan fingerprint density at radius 2 is 2.05 bits per heavy atom. The number of hydrogen-bond donors (Lipinski definition) is 1. The first-order valence-corrected chi connectivity index (χ1v) is 8.79. The standard InChI is InChI=1S/C15H26N4OS/c1-3-5-9-18(4-2)14(20)12-13(16)17-15(21-12)19-10-7-6-8-11-19/h3-11,16H2,1-2H3. The number of rotatable bonds is 6.